The van der Waals surface area contributed by atoms with E-state index >= 15 is 0 Å². The number of carbonyl (C=O) groups excluding carboxylic acids is 1. The maximum Gasteiger partial charge on any atom is 0.263 e. The Kier molecular flexibility index (Phi) is 5.05. The molecule has 1 fully saturated rings. The molecule has 0 unspecified atom stereocenters. The number of fused-ring (bicyclic) bond motifs is 1. The zero-order valence-corrected chi connectivity index (χ0v) is 15.7. The molecule has 1 aromatic heterocycles. The van der Waals surface area contributed by atoms with E-state index in [0.717, 1.165) is 56.9 Å². The van der Waals surface area contributed by atoms with Gasteiger partial charge in [-0.15, -0.1) is 11.3 Å². The minimum Gasteiger partial charge on any atom is -0.337 e. The van der Waals surface area contributed by atoms with Crippen molar-refractivity contribution in [1.82, 2.24) is 9.80 Å². The van der Waals surface area contributed by atoms with Crippen molar-refractivity contribution in [1.29, 1.82) is 5.26 Å². The highest BCUT2D eigenvalue weighted by molar-refractivity contribution is 7.14. The molecule has 26 heavy (non-hydrogen) atoms. The van der Waals surface area contributed by atoms with E-state index < -0.39 is 0 Å². The van der Waals surface area contributed by atoms with E-state index in [9.17, 15) is 4.79 Å². The number of hydrogen-bond donors (Lipinski definition) is 0. The maximum atomic E-state index is 12.9. The summed E-state index contributed by atoms with van der Waals surface area (Å²) in [5.41, 5.74) is 3.32. The molecule has 4 nitrogen and oxygen atoms in total. The van der Waals surface area contributed by atoms with E-state index in [1.54, 1.807) is 11.3 Å². The Morgan fingerprint density at radius 1 is 1.08 bits per heavy atom. The third kappa shape index (κ3) is 3.67. The van der Waals surface area contributed by atoms with E-state index in [4.69, 9.17) is 5.26 Å². The summed E-state index contributed by atoms with van der Waals surface area (Å²) in [6, 6.07) is 12.1. The van der Waals surface area contributed by atoms with E-state index in [-0.39, 0.29) is 5.91 Å². The molecule has 4 rings (SSSR count). The highest BCUT2D eigenvalue weighted by atomic mass is 32.1. The van der Waals surface area contributed by atoms with Crippen LogP contribution < -0.4 is 0 Å². The second-order valence-electron chi connectivity index (χ2n) is 7.14. The quantitative estimate of drug-likeness (QED) is 0.837. The van der Waals surface area contributed by atoms with Crippen LogP contribution in [0.25, 0.3) is 0 Å². The third-order valence-corrected chi connectivity index (χ3v) is 6.55. The van der Waals surface area contributed by atoms with Crippen LogP contribution in [-0.2, 0) is 19.4 Å². The summed E-state index contributed by atoms with van der Waals surface area (Å²) in [4.78, 5) is 19.7. The molecule has 1 saturated heterocycles. The molecule has 0 atom stereocenters. The van der Waals surface area contributed by atoms with Gasteiger partial charge in [0.05, 0.1) is 16.5 Å². The predicted molar refractivity (Wildman–Crippen MR) is 103 cm³/mol. The van der Waals surface area contributed by atoms with Crippen molar-refractivity contribution in [3.8, 4) is 6.07 Å². The zero-order chi connectivity index (χ0) is 17.9. The predicted octanol–water partition coefficient (Wildman–Crippen LogP) is 3.46. The Hall–Kier alpha value is -2.16. The Bertz CT molecular complexity index is 812. The van der Waals surface area contributed by atoms with Crippen LogP contribution in [0.3, 0.4) is 0 Å². The van der Waals surface area contributed by atoms with E-state index in [1.165, 1.54) is 22.4 Å². The monoisotopic (exact) mass is 365 g/mol. The molecule has 0 saturated carbocycles. The van der Waals surface area contributed by atoms with Gasteiger partial charge >= 0.3 is 0 Å². The molecule has 1 aliphatic carbocycles. The van der Waals surface area contributed by atoms with Crippen molar-refractivity contribution in [2.24, 2.45) is 0 Å². The zero-order valence-electron chi connectivity index (χ0n) is 14.9. The number of hydrogen-bond acceptors (Lipinski definition) is 4. The first-order valence-electron chi connectivity index (χ1n) is 9.35. The number of benzene rings is 1. The largest absolute Gasteiger partial charge is 0.337 e. The second kappa shape index (κ2) is 7.61. The Morgan fingerprint density at radius 3 is 2.69 bits per heavy atom. The fraction of sp³-hybridized carbons (Fsp3) is 0.429. The van der Waals surface area contributed by atoms with Gasteiger partial charge in [0.15, 0.2) is 0 Å². The van der Waals surface area contributed by atoms with Crippen LogP contribution in [0.2, 0.25) is 0 Å². The molecule has 2 aromatic rings. The van der Waals surface area contributed by atoms with Crippen molar-refractivity contribution in [2.75, 3.05) is 26.2 Å². The number of amides is 1. The highest BCUT2D eigenvalue weighted by Gasteiger charge is 2.24. The summed E-state index contributed by atoms with van der Waals surface area (Å²) >= 11 is 1.71. The van der Waals surface area contributed by atoms with Gasteiger partial charge in [-0.25, -0.2) is 0 Å². The lowest BCUT2D eigenvalue weighted by molar-refractivity contribution is 0.0766. The normalized spacial score (nSPS) is 17.6. The molecule has 1 aromatic carbocycles. The number of aryl methyl sites for hydroxylation is 2. The van der Waals surface area contributed by atoms with Crippen molar-refractivity contribution in [3.63, 3.8) is 0 Å². The Balaban J connectivity index is 1.36. The molecule has 134 valence electrons. The van der Waals surface area contributed by atoms with Gasteiger partial charge in [-0.1, -0.05) is 12.1 Å². The van der Waals surface area contributed by atoms with Gasteiger partial charge in [-0.05, 0) is 55.0 Å². The van der Waals surface area contributed by atoms with E-state index in [2.05, 4.69) is 17.0 Å². The van der Waals surface area contributed by atoms with Crippen LogP contribution in [-0.4, -0.2) is 41.9 Å². The average molecular weight is 366 g/mol. The molecule has 0 bridgehead atoms. The fourth-order valence-electron chi connectivity index (χ4n) is 3.87. The molecular formula is C21H23N3OS. The molecular weight excluding hydrogens is 342 g/mol. The third-order valence-electron chi connectivity index (χ3n) is 5.32. The summed E-state index contributed by atoms with van der Waals surface area (Å²) < 4.78 is 0. The molecule has 0 spiro atoms. The fourth-order valence-corrected chi connectivity index (χ4v) is 5.09. The van der Waals surface area contributed by atoms with Crippen LogP contribution in [0.15, 0.2) is 30.3 Å². The molecule has 2 heterocycles. The van der Waals surface area contributed by atoms with Gasteiger partial charge in [0, 0.05) is 37.6 Å². The van der Waals surface area contributed by atoms with Crippen molar-refractivity contribution in [3.05, 3.63) is 56.8 Å². The molecule has 1 aliphatic heterocycles. The van der Waals surface area contributed by atoms with Crippen LogP contribution >= 0.6 is 11.3 Å². The van der Waals surface area contributed by atoms with Gasteiger partial charge in [0.1, 0.15) is 0 Å². The first-order valence-corrected chi connectivity index (χ1v) is 10.2. The molecule has 0 N–H and O–H groups in total. The summed E-state index contributed by atoms with van der Waals surface area (Å²) in [6.07, 6.45) is 4.53. The lowest BCUT2D eigenvalue weighted by atomic mass is 10.1. The molecule has 0 radical (unpaired) electrons. The maximum absolute atomic E-state index is 12.9. The number of carbonyl (C=O) groups is 1. The van der Waals surface area contributed by atoms with Gasteiger partial charge in [-0.2, -0.15) is 5.26 Å². The van der Waals surface area contributed by atoms with Crippen LogP contribution in [0.5, 0.6) is 0 Å². The summed E-state index contributed by atoms with van der Waals surface area (Å²) in [5, 5.41) is 8.90. The standard InChI is InChI=1S/C21H23N3OS/c22-14-16-5-7-17(8-6-16)15-23-9-2-10-24(12-11-23)21(25)20-13-18-3-1-4-19(18)26-20/h5-8,13H,1-4,9-12,15H2. The van der Waals surface area contributed by atoms with Crippen molar-refractivity contribution in [2.45, 2.75) is 32.2 Å². The number of nitriles is 1. The Morgan fingerprint density at radius 2 is 1.92 bits per heavy atom. The van der Waals surface area contributed by atoms with Crippen LogP contribution in [0.4, 0.5) is 0 Å². The Labute approximate surface area is 158 Å². The smallest absolute Gasteiger partial charge is 0.263 e. The first-order chi connectivity index (χ1) is 12.7. The minimum atomic E-state index is 0.213. The average Bonchev–Trinajstić information content (AvgIpc) is 3.18. The number of thiophene rings is 1. The minimum absolute atomic E-state index is 0.213. The summed E-state index contributed by atoms with van der Waals surface area (Å²) in [6.45, 7) is 4.41. The highest BCUT2D eigenvalue weighted by Crippen LogP contribution is 2.31. The van der Waals surface area contributed by atoms with Gasteiger partial charge in [0.2, 0.25) is 0 Å². The lowest BCUT2D eigenvalue weighted by Gasteiger charge is -2.21. The molecule has 1 amide bonds. The van der Waals surface area contributed by atoms with Crippen molar-refractivity contribution < 1.29 is 4.79 Å². The number of nitrogens with zero attached hydrogens (tertiary/aromatic N) is 3. The molecule has 5 heteroatoms. The van der Waals surface area contributed by atoms with Gasteiger partial charge in [-0.3, -0.25) is 9.69 Å². The van der Waals surface area contributed by atoms with E-state index in [1.807, 2.05) is 29.2 Å². The second-order valence-corrected chi connectivity index (χ2v) is 8.28. The SMILES string of the molecule is N#Cc1ccc(CN2CCCN(C(=O)c3cc4c(s3)CCC4)CC2)cc1. The van der Waals surface area contributed by atoms with Crippen LogP contribution in [0.1, 0.15) is 44.1 Å². The van der Waals surface area contributed by atoms with Gasteiger partial charge < -0.3 is 4.90 Å². The summed E-state index contributed by atoms with van der Waals surface area (Å²) in [7, 11) is 0. The first kappa shape index (κ1) is 17.3. The van der Waals surface area contributed by atoms with Crippen molar-refractivity contribution >= 4 is 17.2 Å². The number of rotatable bonds is 3. The molecule has 2 aliphatic rings. The van der Waals surface area contributed by atoms with E-state index in [0.29, 0.717) is 5.56 Å². The van der Waals surface area contributed by atoms with Crippen LogP contribution in [0, 0.1) is 11.3 Å². The topological polar surface area (TPSA) is 47.3 Å². The lowest BCUT2D eigenvalue weighted by Crippen LogP contribution is -2.34. The summed E-state index contributed by atoms with van der Waals surface area (Å²) in [5.74, 6) is 0.213. The van der Waals surface area contributed by atoms with Gasteiger partial charge in [0.25, 0.3) is 5.91 Å².